The fourth-order valence-electron chi connectivity index (χ4n) is 2.06. The Balaban J connectivity index is 0.000000509. The molecule has 1 saturated carbocycles. The monoisotopic (exact) mass is 243 g/mol. The van der Waals surface area contributed by atoms with Crippen molar-refractivity contribution in [3.05, 3.63) is 12.2 Å². The summed E-state index contributed by atoms with van der Waals surface area (Å²) in [4.78, 5) is 4.60. The zero-order valence-electron chi connectivity index (χ0n) is 11.3. The summed E-state index contributed by atoms with van der Waals surface area (Å²) in [5.41, 5.74) is 1.15. The van der Waals surface area contributed by atoms with E-state index in [1.165, 1.54) is 6.42 Å². The summed E-state index contributed by atoms with van der Waals surface area (Å²) in [7, 11) is 0. The molecule has 0 bridgehead atoms. The fourth-order valence-corrected chi connectivity index (χ4v) is 2.37. The molecular weight excluding hydrogens is 218 g/mol. The van der Waals surface area contributed by atoms with Gasteiger partial charge in [0.25, 0.3) is 0 Å². The minimum atomic E-state index is 0.356. The molecule has 2 aliphatic rings. The van der Waals surface area contributed by atoms with Gasteiger partial charge in [0.05, 0.1) is 6.04 Å². The van der Waals surface area contributed by atoms with Gasteiger partial charge in [-0.25, -0.2) is 0 Å². The third-order valence-corrected chi connectivity index (χ3v) is 3.16. The maximum absolute atomic E-state index is 6.09. The molecular formula is C14H26ClN. The molecule has 3 unspecified atom stereocenters. The van der Waals surface area contributed by atoms with Crippen molar-refractivity contribution >= 4 is 17.3 Å². The molecule has 0 aromatic rings. The molecule has 3 atom stereocenters. The number of nitrogens with zero attached hydrogens (tertiary/aromatic N) is 1. The summed E-state index contributed by atoms with van der Waals surface area (Å²) in [6.07, 6.45) is 7.87. The lowest BCUT2D eigenvalue weighted by Gasteiger charge is -2.31. The molecule has 0 amide bonds. The van der Waals surface area contributed by atoms with Gasteiger partial charge < -0.3 is 0 Å². The summed E-state index contributed by atoms with van der Waals surface area (Å²) in [6, 6.07) is 0.478. The molecule has 16 heavy (non-hydrogen) atoms. The van der Waals surface area contributed by atoms with E-state index in [0.29, 0.717) is 17.3 Å². The van der Waals surface area contributed by atoms with Crippen molar-refractivity contribution in [3.63, 3.8) is 0 Å². The predicted molar refractivity (Wildman–Crippen MR) is 75.7 cm³/mol. The molecule has 1 aliphatic carbocycles. The second kappa shape index (κ2) is 8.81. The van der Waals surface area contributed by atoms with E-state index >= 15 is 0 Å². The Hall–Kier alpha value is -0.300. The quantitative estimate of drug-likeness (QED) is 0.540. The van der Waals surface area contributed by atoms with Crippen LogP contribution in [0.5, 0.6) is 0 Å². The van der Waals surface area contributed by atoms with Crippen molar-refractivity contribution < 1.29 is 0 Å². The minimum Gasteiger partial charge on any atom is -0.286 e. The van der Waals surface area contributed by atoms with Gasteiger partial charge in [0.2, 0.25) is 0 Å². The van der Waals surface area contributed by atoms with E-state index in [-0.39, 0.29) is 0 Å². The first-order valence-electron chi connectivity index (χ1n) is 6.62. The first kappa shape index (κ1) is 15.7. The van der Waals surface area contributed by atoms with Crippen LogP contribution in [0.25, 0.3) is 0 Å². The van der Waals surface area contributed by atoms with E-state index in [0.717, 1.165) is 18.6 Å². The highest BCUT2D eigenvalue weighted by Crippen LogP contribution is 2.32. The predicted octanol–water partition coefficient (Wildman–Crippen LogP) is 4.85. The summed E-state index contributed by atoms with van der Waals surface area (Å²) >= 11 is 6.09. The van der Waals surface area contributed by atoms with Crippen LogP contribution in [0.2, 0.25) is 0 Å². The van der Waals surface area contributed by atoms with Gasteiger partial charge >= 0.3 is 0 Å². The van der Waals surface area contributed by atoms with Crippen molar-refractivity contribution in [1.29, 1.82) is 0 Å². The van der Waals surface area contributed by atoms with Crippen LogP contribution in [0.3, 0.4) is 0 Å². The maximum atomic E-state index is 6.09. The summed E-state index contributed by atoms with van der Waals surface area (Å²) in [6.45, 7) is 10.1. The molecule has 1 fully saturated rings. The molecule has 0 spiro atoms. The van der Waals surface area contributed by atoms with Crippen LogP contribution in [-0.2, 0) is 0 Å². The zero-order valence-corrected chi connectivity index (χ0v) is 12.1. The number of hydrogen-bond donors (Lipinski definition) is 0. The molecule has 0 saturated heterocycles. The second-order valence-electron chi connectivity index (χ2n) is 3.77. The lowest BCUT2D eigenvalue weighted by Crippen LogP contribution is -2.29. The Labute approximate surface area is 106 Å². The van der Waals surface area contributed by atoms with Gasteiger partial charge in [-0.2, -0.15) is 0 Å². The highest BCUT2D eigenvalue weighted by Gasteiger charge is 2.28. The summed E-state index contributed by atoms with van der Waals surface area (Å²) < 4.78 is 0. The number of halogens is 1. The molecule has 0 aromatic heterocycles. The molecule has 0 N–H and O–H groups in total. The van der Waals surface area contributed by atoms with Crippen LogP contribution in [0.15, 0.2) is 17.1 Å². The van der Waals surface area contributed by atoms with Crippen molar-refractivity contribution in [2.24, 2.45) is 10.9 Å². The third-order valence-electron chi connectivity index (χ3n) is 2.76. The lowest BCUT2D eigenvalue weighted by atomic mass is 9.83. The number of rotatable bonds is 0. The van der Waals surface area contributed by atoms with Gasteiger partial charge in [0.1, 0.15) is 0 Å². The van der Waals surface area contributed by atoms with Crippen LogP contribution in [-0.4, -0.2) is 17.1 Å². The first-order chi connectivity index (χ1) is 7.75. The van der Waals surface area contributed by atoms with E-state index in [9.17, 15) is 0 Å². The average Bonchev–Trinajstić information content (AvgIpc) is 2.33. The Morgan fingerprint density at radius 1 is 1.19 bits per heavy atom. The van der Waals surface area contributed by atoms with Crippen LogP contribution >= 0.6 is 11.6 Å². The standard InChI is InChI=1S/C10H14ClN.2C2H6/c1-7-2-3-8-4-5-9(11)6-10(8)12-7;2*1-2/h2-3,8-10H,4-6H2,1H3;2*1-2H3. The normalized spacial score (nSPS) is 31.1. The molecule has 1 heterocycles. The van der Waals surface area contributed by atoms with Gasteiger partial charge in [-0.1, -0.05) is 33.8 Å². The molecule has 2 rings (SSSR count). The number of hydrogen-bond acceptors (Lipinski definition) is 1. The number of aliphatic imine (C=N–C) groups is 1. The number of alkyl halides is 1. The van der Waals surface area contributed by atoms with Crippen LogP contribution < -0.4 is 0 Å². The average molecular weight is 244 g/mol. The summed E-state index contributed by atoms with van der Waals surface area (Å²) in [5.74, 6) is 0.670. The maximum Gasteiger partial charge on any atom is 0.0579 e. The molecule has 1 nitrogen and oxygen atoms in total. The van der Waals surface area contributed by atoms with Crippen molar-refractivity contribution in [3.8, 4) is 0 Å². The van der Waals surface area contributed by atoms with Crippen LogP contribution in [0.4, 0.5) is 0 Å². The third kappa shape index (κ3) is 4.69. The van der Waals surface area contributed by atoms with E-state index in [1.807, 2.05) is 27.7 Å². The van der Waals surface area contributed by atoms with Crippen molar-refractivity contribution in [2.45, 2.75) is 65.3 Å². The molecule has 1 aliphatic heterocycles. The van der Waals surface area contributed by atoms with Gasteiger partial charge in [-0.3, -0.25) is 4.99 Å². The molecule has 94 valence electrons. The number of dihydropyridines is 1. The minimum absolute atomic E-state index is 0.356. The molecule has 2 heteroatoms. The Kier molecular flexibility index (Phi) is 8.64. The first-order valence-corrected chi connectivity index (χ1v) is 7.06. The smallest absolute Gasteiger partial charge is 0.0579 e. The topological polar surface area (TPSA) is 12.4 Å². The number of allylic oxidation sites excluding steroid dienone is 1. The van der Waals surface area contributed by atoms with Crippen molar-refractivity contribution in [2.75, 3.05) is 0 Å². The number of fused-ring (bicyclic) bond motifs is 1. The van der Waals surface area contributed by atoms with E-state index in [4.69, 9.17) is 11.6 Å². The van der Waals surface area contributed by atoms with Gasteiger partial charge in [-0.15, -0.1) is 11.6 Å². The largest absolute Gasteiger partial charge is 0.286 e. The van der Waals surface area contributed by atoms with E-state index in [1.54, 1.807) is 0 Å². The lowest BCUT2D eigenvalue weighted by molar-refractivity contribution is 0.365. The Morgan fingerprint density at radius 3 is 2.44 bits per heavy atom. The zero-order chi connectivity index (χ0) is 12.6. The van der Waals surface area contributed by atoms with E-state index < -0.39 is 0 Å². The van der Waals surface area contributed by atoms with Crippen LogP contribution in [0.1, 0.15) is 53.9 Å². The van der Waals surface area contributed by atoms with Gasteiger partial charge in [-0.05, 0) is 38.2 Å². The molecule has 0 radical (unpaired) electrons. The fraction of sp³-hybridized carbons (Fsp3) is 0.786. The van der Waals surface area contributed by atoms with Crippen molar-refractivity contribution in [1.82, 2.24) is 0 Å². The Morgan fingerprint density at radius 2 is 1.81 bits per heavy atom. The Bertz CT molecular complexity index is 233. The second-order valence-corrected chi connectivity index (χ2v) is 4.39. The molecule has 0 aromatic carbocycles. The highest BCUT2D eigenvalue weighted by atomic mass is 35.5. The van der Waals surface area contributed by atoms with Gasteiger partial charge in [0.15, 0.2) is 0 Å². The van der Waals surface area contributed by atoms with Gasteiger partial charge in [0, 0.05) is 11.1 Å². The van der Waals surface area contributed by atoms with E-state index in [2.05, 4.69) is 24.1 Å². The SMILES string of the molecule is CC.CC.CC1=NC2CC(Cl)CCC2C=C1. The summed E-state index contributed by atoms with van der Waals surface area (Å²) in [5, 5.41) is 0.356. The van der Waals surface area contributed by atoms with Crippen LogP contribution in [0, 0.1) is 5.92 Å². The highest BCUT2D eigenvalue weighted by molar-refractivity contribution is 6.20.